The van der Waals surface area contributed by atoms with Gasteiger partial charge in [-0.15, -0.1) is 0 Å². The smallest absolute Gasteiger partial charge is 0.251 e. The summed E-state index contributed by atoms with van der Waals surface area (Å²) in [5.74, 6) is 1.67. The van der Waals surface area contributed by atoms with E-state index in [2.05, 4.69) is 15.3 Å². The van der Waals surface area contributed by atoms with Crippen molar-refractivity contribution in [1.82, 2.24) is 15.3 Å². The minimum absolute atomic E-state index is 0.161. The third kappa shape index (κ3) is 3.58. The number of hydrogen-bond acceptors (Lipinski definition) is 6. The fraction of sp³-hybridized carbons (Fsp3) is 0.107. The highest BCUT2D eigenvalue weighted by Gasteiger charge is 2.19. The summed E-state index contributed by atoms with van der Waals surface area (Å²) in [6, 6.07) is 17.0. The molecule has 2 bridgehead atoms. The van der Waals surface area contributed by atoms with Gasteiger partial charge in [0, 0.05) is 45.5 Å². The number of rotatable bonds is 5. The van der Waals surface area contributed by atoms with E-state index in [0.717, 1.165) is 49.5 Å². The first-order valence-electron chi connectivity index (χ1n) is 11.3. The molecule has 3 N–H and O–H groups in total. The molecule has 4 heterocycles. The van der Waals surface area contributed by atoms with Crippen LogP contribution in [0.5, 0.6) is 11.5 Å². The molecule has 0 saturated heterocycles. The fourth-order valence-corrected chi connectivity index (χ4v) is 4.63. The van der Waals surface area contributed by atoms with E-state index in [0.29, 0.717) is 29.4 Å². The molecule has 0 unspecified atom stereocenters. The topological polar surface area (TPSA) is 103 Å². The van der Waals surface area contributed by atoms with Crippen LogP contribution in [-0.4, -0.2) is 15.9 Å². The number of benzene rings is 3. The second-order valence-electron chi connectivity index (χ2n) is 8.63. The van der Waals surface area contributed by atoms with E-state index < -0.39 is 0 Å². The Morgan fingerprint density at radius 2 is 1.74 bits per heavy atom. The lowest BCUT2D eigenvalue weighted by molar-refractivity contribution is 0.0951. The molecule has 0 spiro atoms. The highest BCUT2D eigenvalue weighted by Crippen LogP contribution is 2.42. The molecule has 35 heavy (non-hydrogen) atoms. The van der Waals surface area contributed by atoms with Crippen molar-refractivity contribution in [3.05, 3.63) is 89.4 Å². The Labute approximate surface area is 200 Å². The van der Waals surface area contributed by atoms with Crippen LogP contribution in [0, 0.1) is 13.8 Å². The van der Waals surface area contributed by atoms with Gasteiger partial charge in [-0.25, -0.2) is 4.98 Å². The van der Waals surface area contributed by atoms with Gasteiger partial charge in [0.2, 0.25) is 0 Å². The van der Waals surface area contributed by atoms with Crippen LogP contribution >= 0.6 is 0 Å². The zero-order chi connectivity index (χ0) is 24.1. The number of furan rings is 2. The number of ether oxygens (including phenoxy) is 1. The zero-order valence-corrected chi connectivity index (χ0v) is 19.3. The predicted molar refractivity (Wildman–Crippen MR) is 136 cm³/mol. The Balaban J connectivity index is 1.31. The minimum Gasteiger partial charge on any atom is -0.456 e. The second kappa shape index (κ2) is 7.99. The quantitative estimate of drug-likeness (QED) is 0.310. The van der Waals surface area contributed by atoms with Gasteiger partial charge in [-0.2, -0.15) is 0 Å². The molecule has 172 valence electrons. The fourth-order valence-electron chi connectivity index (χ4n) is 4.63. The van der Waals surface area contributed by atoms with Crippen molar-refractivity contribution < 1.29 is 13.9 Å². The maximum absolute atomic E-state index is 13.0. The van der Waals surface area contributed by atoms with Crippen molar-refractivity contribution in [3.63, 3.8) is 0 Å². The van der Waals surface area contributed by atoms with Gasteiger partial charge in [-0.1, -0.05) is 0 Å². The van der Waals surface area contributed by atoms with E-state index in [1.54, 1.807) is 12.4 Å². The molecular weight excluding hydrogens is 440 g/mol. The molecule has 7 heteroatoms. The highest BCUT2D eigenvalue weighted by atomic mass is 16.5. The van der Waals surface area contributed by atoms with Crippen LogP contribution in [0.3, 0.4) is 0 Å². The van der Waals surface area contributed by atoms with Crippen LogP contribution in [0.4, 0.5) is 5.82 Å². The molecule has 7 nitrogen and oxygen atoms in total. The standard InChI is InChI=1S/C28H22N4O3/c1-15-10-25(29)32-16(2)24(15)14-31-28(33)17-5-7-20-22(11-17)27-23-12-18(6-8-21(23)26(20)35-27)34-19-4-3-9-30-13-19/h3-13H,14H2,1-2H3,(H2,29,32)(H,31,33). The van der Waals surface area contributed by atoms with Gasteiger partial charge in [0.05, 0.1) is 6.20 Å². The molecule has 0 saturated carbocycles. The molecule has 0 fully saturated rings. The van der Waals surface area contributed by atoms with Crippen LogP contribution in [0.15, 0.2) is 71.4 Å². The van der Waals surface area contributed by atoms with Crippen molar-refractivity contribution in [3.8, 4) is 11.5 Å². The normalized spacial score (nSPS) is 11.5. The zero-order valence-electron chi connectivity index (χ0n) is 19.3. The number of nitrogens with zero attached hydrogens (tertiary/aromatic N) is 2. The van der Waals surface area contributed by atoms with Crippen LogP contribution in [-0.2, 0) is 6.54 Å². The minimum atomic E-state index is -0.161. The summed E-state index contributed by atoms with van der Waals surface area (Å²) in [7, 11) is 0. The Morgan fingerprint density at radius 1 is 0.971 bits per heavy atom. The summed E-state index contributed by atoms with van der Waals surface area (Å²) < 4.78 is 12.1. The van der Waals surface area contributed by atoms with Gasteiger partial charge in [0.15, 0.2) is 0 Å². The molecule has 6 rings (SSSR count). The summed E-state index contributed by atoms with van der Waals surface area (Å²) in [4.78, 5) is 21.4. The average Bonchev–Trinajstić information content (AvgIpc) is 3.41. The average molecular weight is 463 g/mol. The molecule has 0 aliphatic rings. The molecule has 0 atom stereocenters. The monoisotopic (exact) mass is 462 g/mol. The second-order valence-corrected chi connectivity index (χ2v) is 8.63. The molecule has 2 aromatic carbocycles. The number of nitrogen functional groups attached to an aromatic ring is 1. The molecule has 6 aromatic rings. The summed E-state index contributed by atoms with van der Waals surface area (Å²) in [5.41, 5.74) is 10.7. The highest BCUT2D eigenvalue weighted by molar-refractivity contribution is 6.26. The molecule has 0 aliphatic carbocycles. The molecule has 4 aromatic heterocycles. The lowest BCUT2D eigenvalue weighted by Gasteiger charge is -2.11. The summed E-state index contributed by atoms with van der Waals surface area (Å²) in [6.07, 6.45) is 3.37. The Bertz CT molecular complexity index is 1700. The van der Waals surface area contributed by atoms with Gasteiger partial charge in [-0.05, 0) is 79.6 Å². The van der Waals surface area contributed by atoms with Gasteiger partial charge in [0.25, 0.3) is 5.91 Å². The number of fused-ring (bicyclic) bond motifs is 8. The number of carbonyl (C=O) groups is 1. The maximum atomic E-state index is 13.0. The van der Waals surface area contributed by atoms with Gasteiger partial charge in [0.1, 0.15) is 28.5 Å². The number of amides is 1. The summed E-state index contributed by atoms with van der Waals surface area (Å²) >= 11 is 0. The van der Waals surface area contributed by atoms with Crippen LogP contribution in [0.1, 0.15) is 27.2 Å². The number of pyridine rings is 2. The first-order valence-corrected chi connectivity index (χ1v) is 11.3. The number of nitrogens with two attached hydrogens (primary N) is 1. The van der Waals surface area contributed by atoms with Gasteiger partial charge in [-0.3, -0.25) is 9.78 Å². The number of aromatic nitrogens is 2. The molecule has 0 radical (unpaired) electrons. The van der Waals surface area contributed by atoms with Gasteiger partial charge < -0.3 is 20.2 Å². The van der Waals surface area contributed by atoms with Crippen LogP contribution in [0.2, 0.25) is 0 Å². The summed E-state index contributed by atoms with van der Waals surface area (Å²) in [6.45, 7) is 4.24. The number of hydrogen-bond donors (Lipinski definition) is 2. The van der Waals surface area contributed by atoms with Gasteiger partial charge >= 0.3 is 0 Å². The van der Waals surface area contributed by atoms with E-state index in [-0.39, 0.29) is 5.91 Å². The van der Waals surface area contributed by atoms with Crippen molar-refractivity contribution >= 4 is 44.4 Å². The van der Waals surface area contributed by atoms with Crippen molar-refractivity contribution in [2.24, 2.45) is 0 Å². The van der Waals surface area contributed by atoms with E-state index in [4.69, 9.17) is 14.9 Å². The number of nitrogens with one attached hydrogen (secondary N) is 1. The van der Waals surface area contributed by atoms with E-state index in [1.807, 2.05) is 68.4 Å². The van der Waals surface area contributed by atoms with E-state index >= 15 is 0 Å². The largest absolute Gasteiger partial charge is 0.456 e. The third-order valence-electron chi connectivity index (χ3n) is 6.33. The summed E-state index contributed by atoms with van der Waals surface area (Å²) in [5, 5.41) is 6.86. The van der Waals surface area contributed by atoms with Crippen molar-refractivity contribution in [2.75, 3.05) is 5.73 Å². The first-order chi connectivity index (χ1) is 17.0. The number of anilines is 1. The van der Waals surface area contributed by atoms with Crippen LogP contribution in [0.25, 0.3) is 32.7 Å². The molecular formula is C28H22N4O3. The predicted octanol–water partition coefficient (Wildman–Crippen LogP) is 5.89. The first kappa shape index (κ1) is 20.9. The van der Waals surface area contributed by atoms with Crippen LogP contribution < -0.4 is 15.8 Å². The SMILES string of the molecule is Cc1cc(N)nc(C)c1CNC(=O)c1ccc2c(c1)c1oc2c2ccc(Oc3cccnc3)cc21. The third-order valence-corrected chi connectivity index (χ3v) is 6.33. The van der Waals surface area contributed by atoms with Crippen molar-refractivity contribution in [2.45, 2.75) is 20.4 Å². The Kier molecular flexibility index (Phi) is 4.77. The van der Waals surface area contributed by atoms with Crippen molar-refractivity contribution in [1.29, 1.82) is 0 Å². The Hall–Kier alpha value is -4.65. The molecule has 0 aliphatic heterocycles. The maximum Gasteiger partial charge on any atom is 0.251 e. The molecule has 1 amide bonds. The number of carbonyl (C=O) groups excluding carboxylic acids is 1. The van der Waals surface area contributed by atoms with E-state index in [9.17, 15) is 4.79 Å². The number of aryl methyl sites for hydroxylation is 2. The van der Waals surface area contributed by atoms with E-state index in [1.165, 1.54) is 0 Å². The lowest BCUT2D eigenvalue weighted by Crippen LogP contribution is -2.24. The lowest BCUT2D eigenvalue weighted by atomic mass is 10.0. The Morgan fingerprint density at radius 3 is 2.51 bits per heavy atom.